The number of unbranched alkanes of at least 4 members (excludes halogenated alkanes) is 2. The Morgan fingerprint density at radius 3 is 1.81 bits per heavy atom. The van der Waals surface area contributed by atoms with Crippen LogP contribution in [0.3, 0.4) is 0 Å². The first-order valence-electron chi connectivity index (χ1n) is 14.9. The van der Waals surface area contributed by atoms with Crippen LogP contribution in [0.1, 0.15) is 48.4 Å². The summed E-state index contributed by atoms with van der Waals surface area (Å²) in [5, 5.41) is 0. The van der Waals surface area contributed by atoms with Crippen LogP contribution in [0.4, 0.5) is 39.5 Å². The molecule has 0 aliphatic carbocycles. The van der Waals surface area contributed by atoms with E-state index >= 15 is 13.2 Å². The standard InChI is InChI=1S/C38H27F9O/c1-2-3-4-5-22-6-10-24(11-7-22)25-12-14-28(31(39)17-25)26-18-32(40)29(33(41)19-26)13-8-23-9-15-30(34(42)16-23)38(46,47)48-27-20-35(43)37(45)36(44)21-27/h6-21H,2-5H2,1H3/b13-8+. The van der Waals surface area contributed by atoms with Gasteiger partial charge in [-0.1, -0.05) is 68.3 Å². The van der Waals surface area contributed by atoms with Crippen molar-refractivity contribution >= 4 is 12.2 Å². The van der Waals surface area contributed by atoms with Gasteiger partial charge < -0.3 is 4.74 Å². The molecule has 0 fully saturated rings. The Hall–Kier alpha value is -4.99. The molecule has 0 amide bonds. The normalized spacial score (nSPS) is 11.8. The van der Waals surface area contributed by atoms with Gasteiger partial charge in [0.2, 0.25) is 0 Å². The van der Waals surface area contributed by atoms with E-state index in [4.69, 9.17) is 0 Å². The number of halogens is 9. The molecule has 1 nitrogen and oxygen atoms in total. The second kappa shape index (κ2) is 14.4. The molecule has 0 bridgehead atoms. The fourth-order valence-corrected chi connectivity index (χ4v) is 5.12. The van der Waals surface area contributed by atoms with E-state index in [1.807, 2.05) is 24.3 Å². The molecule has 0 atom stereocenters. The monoisotopic (exact) mass is 670 g/mol. The molecule has 0 spiro atoms. The van der Waals surface area contributed by atoms with Crippen LogP contribution in [0.15, 0.2) is 84.9 Å². The molecule has 48 heavy (non-hydrogen) atoms. The minimum absolute atomic E-state index is 0.0322. The van der Waals surface area contributed by atoms with E-state index in [9.17, 15) is 26.3 Å². The van der Waals surface area contributed by atoms with E-state index in [-0.39, 0.29) is 28.8 Å². The summed E-state index contributed by atoms with van der Waals surface area (Å²) in [6.07, 6.45) is 1.88. The van der Waals surface area contributed by atoms with Gasteiger partial charge >= 0.3 is 6.11 Å². The van der Waals surface area contributed by atoms with E-state index in [1.165, 1.54) is 17.7 Å². The zero-order valence-electron chi connectivity index (χ0n) is 25.4. The zero-order valence-corrected chi connectivity index (χ0v) is 25.4. The fourth-order valence-electron chi connectivity index (χ4n) is 5.12. The van der Waals surface area contributed by atoms with Gasteiger partial charge in [-0.25, -0.2) is 30.7 Å². The maximum absolute atomic E-state index is 15.2. The smallest absolute Gasteiger partial charge is 0.429 e. The predicted molar refractivity (Wildman–Crippen MR) is 167 cm³/mol. The summed E-state index contributed by atoms with van der Waals surface area (Å²) in [6.45, 7) is 2.13. The fraction of sp³-hybridized carbons (Fsp3) is 0.158. The SMILES string of the molecule is CCCCCc1ccc(-c2ccc(-c3cc(F)c(/C=C/c4ccc(C(F)(F)Oc5cc(F)c(F)c(F)c5)c(F)c4)c(F)c3)c(F)c2)cc1. The van der Waals surface area contributed by atoms with Gasteiger partial charge in [-0.15, -0.1) is 0 Å². The third-order valence-electron chi connectivity index (χ3n) is 7.67. The van der Waals surface area contributed by atoms with Crippen molar-refractivity contribution in [2.75, 3.05) is 0 Å². The molecule has 5 aromatic rings. The van der Waals surface area contributed by atoms with E-state index in [2.05, 4.69) is 11.7 Å². The first-order valence-corrected chi connectivity index (χ1v) is 14.9. The molecule has 10 heteroatoms. The Balaban J connectivity index is 1.31. The number of alkyl halides is 2. The van der Waals surface area contributed by atoms with Crippen LogP contribution in [-0.2, 0) is 12.5 Å². The number of aryl methyl sites for hydroxylation is 1. The molecule has 5 rings (SSSR count). The lowest BCUT2D eigenvalue weighted by molar-refractivity contribution is -0.187. The summed E-state index contributed by atoms with van der Waals surface area (Å²) in [5.74, 6) is -10.9. The second-order valence-electron chi connectivity index (χ2n) is 11.1. The van der Waals surface area contributed by atoms with Gasteiger partial charge in [-0.2, -0.15) is 8.78 Å². The summed E-state index contributed by atoms with van der Waals surface area (Å²) < 4.78 is 133. The molecule has 0 saturated heterocycles. The number of hydrogen-bond acceptors (Lipinski definition) is 1. The summed E-state index contributed by atoms with van der Waals surface area (Å²) in [7, 11) is 0. The molecule has 248 valence electrons. The van der Waals surface area contributed by atoms with Crippen LogP contribution in [0, 0.1) is 40.7 Å². The van der Waals surface area contributed by atoms with Gasteiger partial charge in [0.25, 0.3) is 0 Å². The van der Waals surface area contributed by atoms with Gasteiger partial charge in [0.15, 0.2) is 17.5 Å². The first kappa shape index (κ1) is 34.3. The molecule has 0 heterocycles. The van der Waals surface area contributed by atoms with Crippen LogP contribution < -0.4 is 4.74 Å². The molecule has 0 aliphatic heterocycles. The van der Waals surface area contributed by atoms with Crippen LogP contribution in [0.25, 0.3) is 34.4 Å². The van der Waals surface area contributed by atoms with E-state index < -0.39 is 63.7 Å². The highest BCUT2D eigenvalue weighted by Crippen LogP contribution is 2.35. The Kier molecular flexibility index (Phi) is 10.3. The van der Waals surface area contributed by atoms with Crippen molar-refractivity contribution in [2.24, 2.45) is 0 Å². The third-order valence-corrected chi connectivity index (χ3v) is 7.67. The molecule has 0 unspecified atom stereocenters. The zero-order chi connectivity index (χ0) is 34.6. The average Bonchev–Trinajstić information content (AvgIpc) is 3.03. The maximum atomic E-state index is 15.2. The van der Waals surface area contributed by atoms with Crippen molar-refractivity contribution in [3.63, 3.8) is 0 Å². The van der Waals surface area contributed by atoms with Crippen molar-refractivity contribution in [1.29, 1.82) is 0 Å². The number of ether oxygens (including phenoxy) is 1. The highest BCUT2D eigenvalue weighted by molar-refractivity contribution is 5.75. The van der Waals surface area contributed by atoms with Gasteiger partial charge in [0.1, 0.15) is 29.0 Å². The van der Waals surface area contributed by atoms with Gasteiger partial charge in [0.05, 0.1) is 5.56 Å². The lowest BCUT2D eigenvalue weighted by Gasteiger charge is -2.19. The Morgan fingerprint density at radius 2 is 1.21 bits per heavy atom. The summed E-state index contributed by atoms with van der Waals surface area (Å²) in [6, 6.07) is 16.6. The molecule has 0 N–H and O–H groups in total. The largest absolute Gasteiger partial charge is 0.429 e. The van der Waals surface area contributed by atoms with Crippen LogP contribution in [-0.4, -0.2) is 0 Å². The average molecular weight is 671 g/mol. The molecule has 0 aliphatic rings. The molecule has 0 saturated carbocycles. The summed E-state index contributed by atoms with van der Waals surface area (Å²) in [5.41, 5.74) is 0.524. The maximum Gasteiger partial charge on any atom is 0.429 e. The molecule has 5 aromatic carbocycles. The highest BCUT2D eigenvalue weighted by atomic mass is 19.3. The molecule has 0 aromatic heterocycles. The quantitative estimate of drug-likeness (QED) is 0.0588. The second-order valence-corrected chi connectivity index (χ2v) is 11.1. The van der Waals surface area contributed by atoms with Crippen molar-refractivity contribution in [3.8, 4) is 28.0 Å². The number of rotatable bonds is 11. The lowest BCUT2D eigenvalue weighted by Crippen LogP contribution is -2.23. The molecular formula is C38H27F9O. The highest BCUT2D eigenvalue weighted by Gasteiger charge is 2.38. The third kappa shape index (κ3) is 7.75. The first-order chi connectivity index (χ1) is 22.9. The van der Waals surface area contributed by atoms with Gasteiger partial charge in [-0.3, -0.25) is 0 Å². The lowest BCUT2D eigenvalue weighted by atomic mass is 9.97. The molecule has 0 radical (unpaired) electrons. The van der Waals surface area contributed by atoms with Crippen molar-refractivity contribution in [1.82, 2.24) is 0 Å². The van der Waals surface area contributed by atoms with Crippen LogP contribution in [0.2, 0.25) is 0 Å². The number of hydrogen-bond donors (Lipinski definition) is 0. The van der Waals surface area contributed by atoms with E-state index in [1.54, 1.807) is 6.07 Å². The van der Waals surface area contributed by atoms with Crippen molar-refractivity contribution in [2.45, 2.75) is 38.7 Å². The Bertz CT molecular complexity index is 1920. The molecular weight excluding hydrogens is 643 g/mol. The van der Waals surface area contributed by atoms with Crippen LogP contribution in [0.5, 0.6) is 5.75 Å². The van der Waals surface area contributed by atoms with E-state index in [0.29, 0.717) is 17.7 Å². The summed E-state index contributed by atoms with van der Waals surface area (Å²) in [4.78, 5) is 0. The van der Waals surface area contributed by atoms with Crippen LogP contribution >= 0.6 is 0 Å². The van der Waals surface area contributed by atoms with E-state index in [0.717, 1.165) is 61.6 Å². The minimum atomic E-state index is -4.43. The van der Waals surface area contributed by atoms with Crippen molar-refractivity contribution in [3.05, 3.63) is 148 Å². The predicted octanol–water partition coefficient (Wildman–Crippen LogP) is 12.0. The Morgan fingerprint density at radius 1 is 0.583 bits per heavy atom. The minimum Gasteiger partial charge on any atom is -0.429 e. The van der Waals surface area contributed by atoms with Gasteiger partial charge in [0, 0.05) is 23.3 Å². The Labute approximate surface area is 270 Å². The number of benzene rings is 5. The summed E-state index contributed by atoms with van der Waals surface area (Å²) >= 11 is 0. The van der Waals surface area contributed by atoms with Gasteiger partial charge in [-0.05, 0) is 77.1 Å². The topological polar surface area (TPSA) is 9.23 Å². The van der Waals surface area contributed by atoms with Crippen molar-refractivity contribution < 1.29 is 44.3 Å².